The highest BCUT2D eigenvalue weighted by atomic mass is 79.9. The average molecular weight is 1860 g/mol. The summed E-state index contributed by atoms with van der Waals surface area (Å²) in [6, 6.07) is 125. The van der Waals surface area contributed by atoms with Crippen molar-refractivity contribution in [2.75, 3.05) is 11.1 Å². The number of nitro benzene ring substituents is 2. The number of hydrogen-bond donors (Lipinski definition) is 4. The van der Waals surface area contributed by atoms with E-state index in [4.69, 9.17) is 40.0 Å². The van der Waals surface area contributed by atoms with E-state index in [1.165, 1.54) is 89.8 Å². The van der Waals surface area contributed by atoms with Gasteiger partial charge in [-0.25, -0.2) is 19.9 Å². The third kappa shape index (κ3) is 19.1. The Bertz CT molecular complexity index is 7850. The molecule has 0 spiro atoms. The number of pyridine rings is 5. The summed E-state index contributed by atoms with van der Waals surface area (Å²) in [5, 5.41) is 60.8. The number of benzene rings is 16. The molecule has 0 radical (unpaired) electrons. The summed E-state index contributed by atoms with van der Waals surface area (Å²) < 4.78 is 13.9. The molecule has 5 N–H and O–H groups in total. The van der Waals surface area contributed by atoms with Crippen LogP contribution < -0.4 is 22.1 Å². The third-order valence-electron chi connectivity index (χ3n) is 23.6. The van der Waals surface area contributed by atoms with E-state index < -0.39 is 30.4 Å². The van der Waals surface area contributed by atoms with Crippen LogP contribution in [0.25, 0.3) is 153 Å². The summed E-state index contributed by atoms with van der Waals surface area (Å²) in [6.07, 6.45) is 5.31. The van der Waals surface area contributed by atoms with Gasteiger partial charge in [0, 0.05) is 96.7 Å². The van der Waals surface area contributed by atoms with Gasteiger partial charge in [0.05, 0.1) is 65.7 Å². The molecule has 16 aromatic carbocycles. The molecule has 5 aromatic heterocycles. The van der Waals surface area contributed by atoms with Crippen LogP contribution in [0.3, 0.4) is 0 Å². The van der Waals surface area contributed by atoms with E-state index in [1.807, 2.05) is 146 Å². The number of nitro groups is 2. The van der Waals surface area contributed by atoms with Gasteiger partial charge >= 0.3 is 14.2 Å². The van der Waals surface area contributed by atoms with Gasteiger partial charge < -0.3 is 30.4 Å². The molecule has 1 amide bonds. The number of nitrogens with two attached hydrogens (primary N) is 1. The Morgan fingerprint density at radius 1 is 0.371 bits per heavy atom. The third-order valence-corrected chi connectivity index (χ3v) is 24.6. The Labute approximate surface area is 778 Å². The fourth-order valence-electron chi connectivity index (χ4n) is 16.4. The number of para-hydroxylation sites is 6. The van der Waals surface area contributed by atoms with Crippen LogP contribution in [0.5, 0.6) is 0 Å². The van der Waals surface area contributed by atoms with Gasteiger partial charge in [0.25, 0.3) is 17.3 Å². The van der Waals surface area contributed by atoms with Crippen LogP contribution in [-0.4, -0.2) is 76.2 Å². The number of carbonyl (C=O) groups is 1. The number of rotatable bonds is 11. The van der Waals surface area contributed by atoms with Crippen LogP contribution in [0.2, 0.25) is 0 Å². The Morgan fingerprint density at radius 3 is 1.20 bits per heavy atom. The fourth-order valence-corrected chi connectivity index (χ4v) is 16.9. The van der Waals surface area contributed by atoms with Crippen LogP contribution in [0.15, 0.2) is 410 Å². The van der Waals surface area contributed by atoms with Crippen molar-refractivity contribution in [2.24, 2.45) is 0 Å². The van der Waals surface area contributed by atoms with Crippen molar-refractivity contribution in [3.05, 3.63) is 436 Å². The minimum atomic E-state index is -1.80. The van der Waals surface area contributed by atoms with Crippen molar-refractivity contribution in [2.45, 2.75) is 38.9 Å². The number of nitrogens with zero attached hydrogens (tertiary/aromatic N) is 7. The number of hydrogen-bond acceptors (Lipinski definition) is 15. The van der Waals surface area contributed by atoms with Gasteiger partial charge in [-0.15, -0.1) is 0 Å². The van der Waals surface area contributed by atoms with Crippen molar-refractivity contribution in [1.29, 1.82) is 0 Å². The molecule has 0 unspecified atom stereocenters. The van der Waals surface area contributed by atoms with Gasteiger partial charge in [0.2, 0.25) is 0 Å². The predicted molar refractivity (Wildman–Crippen MR) is 545 cm³/mol. The molecule has 1 aliphatic rings. The molecule has 22 rings (SSSR count). The van der Waals surface area contributed by atoms with E-state index in [1.54, 1.807) is 30.5 Å². The Morgan fingerprint density at radius 2 is 0.742 bits per heavy atom. The smallest absolute Gasteiger partial charge is 0.423 e. The standard InChI is InChI=1S/C28H25BN2O2.C22H15BrN2O.C22H13BrN2.C16H11NO2.C16H13N.C6H6BNO4/c1-27(2)28(3,4)33-29(32-27)24-16-14-19(17-30-24)26-22-15-13-18-9-5-6-10-20(18)25(22)21-11-7-8-12-23(21)31-26;23-21-13-12-16(14-24-21)22(26)25-20-11-4-3-9-19(20)18-10-5-7-15-6-1-2-8-17(15)18;23-20-12-10-15(13-24-20)22-18-11-9-14-5-1-2-6-16(14)21(18)17-7-3-4-8-19(17)25-22;18-17(19)16-11-4-3-9-15(16)14-10-5-7-12-6-1-2-8-13(12)14;17-16-11-4-3-9-15(16)14-10-5-7-12-6-1-2-8-13(12)14;9-7(10)5-3-1-2-4-6(5)8(11)12/h5-17H,1-4H3;1-14H,(H,25,26);1-13H;1-11H;1-11H,17H2;1-4,9-10H. The first-order valence-electron chi connectivity index (χ1n) is 42.6. The number of nitrogen functional groups attached to an aromatic ring is 1. The van der Waals surface area contributed by atoms with Crippen molar-refractivity contribution in [1.82, 2.24) is 24.9 Å². The van der Waals surface area contributed by atoms with Crippen LogP contribution in [0.4, 0.5) is 22.7 Å². The summed E-state index contributed by atoms with van der Waals surface area (Å²) >= 11 is 6.69. The second kappa shape index (κ2) is 39.3. The largest absolute Gasteiger partial charge is 0.514 e. The van der Waals surface area contributed by atoms with Gasteiger partial charge in [0.15, 0.2) is 0 Å². The quantitative estimate of drug-likeness (QED) is 0.0234. The molecular formula is C110H83B2Br2N9O9. The number of fused-ring (bicyclic) bond motifs is 13. The topological polar surface area (TPSA) is 265 Å². The van der Waals surface area contributed by atoms with Gasteiger partial charge in [-0.05, 0) is 191 Å². The fraction of sp³-hybridized carbons (Fsp3) is 0.0545. The van der Waals surface area contributed by atoms with Crippen LogP contribution in [0.1, 0.15) is 38.1 Å². The van der Waals surface area contributed by atoms with E-state index in [2.05, 4.69) is 269 Å². The molecule has 0 bridgehead atoms. The van der Waals surface area contributed by atoms with Crippen LogP contribution in [-0.2, 0) is 9.31 Å². The SMILES string of the molecule is Brc1ccc(-c2nc3ccccc3c3c2ccc2ccccc23)cn1.CC1(C)OB(c2ccc(-c3nc4ccccc4c4c3ccc3ccccc34)cn2)OC1(C)C.Nc1ccccc1-c1cccc2ccccc12.O=C(Nc1ccccc1-c1cccc2ccccc12)c1ccc(Br)nc1.O=[N+]([O-])c1ccccc1-c1cccc2ccccc12.O=[N+]([O-])c1ccccc1B(O)O. The first-order valence-corrected chi connectivity index (χ1v) is 44.2. The maximum Gasteiger partial charge on any atom is 0.514 e. The molecular weight excluding hydrogens is 1770 g/mol. The molecule has 0 saturated carbocycles. The van der Waals surface area contributed by atoms with Gasteiger partial charge in [-0.1, -0.05) is 309 Å². The van der Waals surface area contributed by atoms with Crippen molar-refractivity contribution in [3.8, 4) is 55.9 Å². The second-order valence-corrected chi connectivity index (χ2v) is 33.9. The summed E-state index contributed by atoms with van der Waals surface area (Å²) in [5.74, 6) is -0.183. The van der Waals surface area contributed by atoms with E-state index in [0.29, 0.717) is 15.7 Å². The number of anilines is 2. The summed E-state index contributed by atoms with van der Waals surface area (Å²) in [4.78, 5) is 56.3. The molecule has 1 fully saturated rings. The summed E-state index contributed by atoms with van der Waals surface area (Å²) in [6.45, 7) is 8.21. The summed E-state index contributed by atoms with van der Waals surface area (Å²) in [5.41, 5.74) is 19.7. The number of amides is 1. The number of nitrogens with one attached hydrogen (secondary N) is 1. The number of halogens is 2. The van der Waals surface area contributed by atoms with Crippen LogP contribution in [0, 0.1) is 20.2 Å². The molecule has 642 valence electrons. The number of aromatic nitrogens is 5. The highest BCUT2D eigenvalue weighted by Gasteiger charge is 2.52. The Kier molecular flexibility index (Phi) is 26.4. The second-order valence-electron chi connectivity index (χ2n) is 32.3. The van der Waals surface area contributed by atoms with Crippen molar-refractivity contribution < 1.29 is 34.0 Å². The van der Waals surface area contributed by atoms with Crippen molar-refractivity contribution in [3.63, 3.8) is 0 Å². The molecule has 0 aliphatic carbocycles. The zero-order valence-electron chi connectivity index (χ0n) is 72.0. The molecule has 1 saturated heterocycles. The lowest BCUT2D eigenvalue weighted by Crippen LogP contribution is -2.41. The molecule has 1 aliphatic heterocycles. The lowest BCUT2D eigenvalue weighted by atomic mass is 9.79. The molecule has 22 heteroatoms. The zero-order chi connectivity index (χ0) is 91.6. The van der Waals surface area contributed by atoms with Gasteiger partial charge in [-0.3, -0.25) is 30.0 Å². The van der Waals surface area contributed by atoms with E-state index >= 15 is 0 Å². The monoisotopic (exact) mass is 1850 g/mol. The van der Waals surface area contributed by atoms with Crippen LogP contribution >= 0.6 is 31.9 Å². The summed E-state index contributed by atoms with van der Waals surface area (Å²) in [7, 11) is -2.28. The Hall–Kier alpha value is -15.4. The van der Waals surface area contributed by atoms with Gasteiger partial charge in [-0.2, -0.15) is 0 Å². The molecule has 21 aromatic rings. The Balaban J connectivity index is 0.000000113. The zero-order valence-corrected chi connectivity index (χ0v) is 75.1. The highest BCUT2D eigenvalue weighted by Crippen LogP contribution is 2.43. The molecule has 0 atom stereocenters. The minimum Gasteiger partial charge on any atom is -0.423 e. The molecule has 18 nitrogen and oxygen atoms in total. The number of carbonyl (C=O) groups excluding carboxylic acids is 1. The van der Waals surface area contributed by atoms with E-state index in [0.717, 1.165) is 110 Å². The average Bonchev–Trinajstić information content (AvgIpc) is 1.03. The van der Waals surface area contributed by atoms with E-state index in [-0.39, 0.29) is 27.7 Å². The maximum absolute atomic E-state index is 12.6. The van der Waals surface area contributed by atoms with E-state index in [9.17, 15) is 25.0 Å². The van der Waals surface area contributed by atoms with Crippen molar-refractivity contribution >= 4 is 183 Å². The lowest BCUT2D eigenvalue weighted by molar-refractivity contribution is -0.384. The predicted octanol–water partition coefficient (Wildman–Crippen LogP) is 26.0. The maximum atomic E-state index is 12.6. The molecule has 6 heterocycles. The first kappa shape index (κ1) is 88.6. The minimum absolute atomic E-state index is 0.0949. The first-order chi connectivity index (χ1) is 64.1. The van der Waals surface area contributed by atoms with Gasteiger partial charge in [0.1, 0.15) is 9.21 Å². The highest BCUT2D eigenvalue weighted by molar-refractivity contribution is 9.10. The molecule has 132 heavy (non-hydrogen) atoms. The lowest BCUT2D eigenvalue weighted by Gasteiger charge is -2.32. The normalized spacial score (nSPS) is 12.3.